The van der Waals surface area contributed by atoms with Gasteiger partial charge in [-0.25, -0.2) is 0 Å². The molecule has 4 aliphatic rings. The molecule has 1 aromatic carbocycles. The highest BCUT2D eigenvalue weighted by Gasteiger charge is 2.47. The zero-order valence-corrected chi connectivity index (χ0v) is 21.7. The Bertz CT molecular complexity index is 1070. The maximum absolute atomic E-state index is 13.7. The number of carbonyl (C=O) groups excluding carboxylic acids is 3. The Morgan fingerprint density at radius 2 is 1.97 bits per heavy atom. The Morgan fingerprint density at radius 1 is 1.17 bits per heavy atom. The van der Waals surface area contributed by atoms with Crippen molar-refractivity contribution < 1.29 is 23.9 Å². The Kier molecular flexibility index (Phi) is 7.91. The third kappa shape index (κ3) is 5.44. The van der Waals surface area contributed by atoms with Gasteiger partial charge in [-0.15, -0.1) is 11.8 Å². The van der Waals surface area contributed by atoms with Crippen LogP contribution in [-0.4, -0.2) is 59.6 Å². The van der Waals surface area contributed by atoms with E-state index in [0.717, 1.165) is 50.7 Å². The number of hydrogen-bond donors (Lipinski definition) is 0. The molecule has 7 nitrogen and oxygen atoms in total. The van der Waals surface area contributed by atoms with Crippen LogP contribution in [0.2, 0.25) is 0 Å². The van der Waals surface area contributed by atoms with Gasteiger partial charge in [-0.05, 0) is 61.0 Å². The van der Waals surface area contributed by atoms with Gasteiger partial charge in [-0.2, -0.15) is 0 Å². The molecule has 1 fully saturated rings. The van der Waals surface area contributed by atoms with Crippen molar-refractivity contribution in [1.29, 1.82) is 0 Å². The molecule has 1 aromatic rings. The number of nitrogens with zero attached hydrogens (tertiary/aromatic N) is 2. The standard InChI is InChI=1S/C28H34N2O5S/c1-2-18-9-11-19(12-10-18)22(31)17-35-25(32)14-13-24-29-27-26(21-7-3-4-8-23(21)36-27)28(33)30(24)16-20-6-5-15-34-20/h9-12,20,26-27H,2-8,13-17H2,1H3/t20-,26-,27-/m1/s1. The van der Waals surface area contributed by atoms with E-state index >= 15 is 0 Å². The van der Waals surface area contributed by atoms with Crippen LogP contribution in [0.3, 0.4) is 0 Å². The first kappa shape index (κ1) is 25.2. The van der Waals surface area contributed by atoms with Gasteiger partial charge < -0.3 is 9.47 Å². The summed E-state index contributed by atoms with van der Waals surface area (Å²) in [5.74, 6) is -0.127. The molecule has 192 valence electrons. The Morgan fingerprint density at radius 3 is 2.72 bits per heavy atom. The smallest absolute Gasteiger partial charge is 0.306 e. The van der Waals surface area contributed by atoms with Gasteiger partial charge in [0.1, 0.15) is 11.2 Å². The van der Waals surface area contributed by atoms with E-state index in [4.69, 9.17) is 14.5 Å². The fraction of sp³-hybridized carbons (Fsp3) is 0.571. The molecule has 0 saturated carbocycles. The van der Waals surface area contributed by atoms with E-state index < -0.39 is 5.97 Å². The normalized spacial score (nSPS) is 25.5. The van der Waals surface area contributed by atoms with Crippen molar-refractivity contribution in [2.24, 2.45) is 10.9 Å². The molecule has 0 N–H and O–H groups in total. The van der Waals surface area contributed by atoms with Gasteiger partial charge >= 0.3 is 5.97 Å². The minimum absolute atomic E-state index is 0.00762. The van der Waals surface area contributed by atoms with Crippen molar-refractivity contribution in [3.05, 3.63) is 45.9 Å². The molecule has 0 aromatic heterocycles. The fourth-order valence-electron chi connectivity index (χ4n) is 5.46. The Labute approximate surface area is 216 Å². The summed E-state index contributed by atoms with van der Waals surface area (Å²) < 4.78 is 11.1. The van der Waals surface area contributed by atoms with Crippen molar-refractivity contribution in [3.8, 4) is 0 Å². The number of esters is 1. The van der Waals surface area contributed by atoms with Crippen LogP contribution < -0.4 is 0 Å². The Balaban J connectivity index is 1.22. The molecule has 8 heteroatoms. The van der Waals surface area contributed by atoms with E-state index in [1.807, 2.05) is 12.1 Å². The summed E-state index contributed by atoms with van der Waals surface area (Å²) >= 11 is 1.73. The number of Topliss-reactive ketones (excluding diaryl/α,β-unsaturated/α-hetero) is 1. The molecule has 0 spiro atoms. The zero-order valence-electron chi connectivity index (χ0n) is 20.9. The van der Waals surface area contributed by atoms with Crippen molar-refractivity contribution in [1.82, 2.24) is 4.90 Å². The lowest BCUT2D eigenvalue weighted by molar-refractivity contribution is -0.142. The number of amides is 1. The first-order valence-corrected chi connectivity index (χ1v) is 14.1. The quantitative estimate of drug-likeness (QED) is 0.354. The van der Waals surface area contributed by atoms with Crippen LogP contribution in [0.5, 0.6) is 0 Å². The molecule has 36 heavy (non-hydrogen) atoms. The van der Waals surface area contributed by atoms with E-state index in [9.17, 15) is 14.4 Å². The lowest BCUT2D eigenvalue weighted by Crippen LogP contribution is -2.50. The SMILES string of the molecule is CCc1ccc(C(=O)COC(=O)CCC2=N[C@@H]3SC4=C(CCCC4)[C@H]3C(=O)N2C[C@H]2CCCO2)cc1. The largest absolute Gasteiger partial charge is 0.457 e. The number of amidine groups is 1. The summed E-state index contributed by atoms with van der Waals surface area (Å²) in [7, 11) is 0. The van der Waals surface area contributed by atoms with Crippen molar-refractivity contribution >= 4 is 35.3 Å². The summed E-state index contributed by atoms with van der Waals surface area (Å²) in [5.41, 5.74) is 2.97. The van der Waals surface area contributed by atoms with Crippen LogP contribution in [-0.2, 0) is 25.5 Å². The second-order valence-electron chi connectivity index (χ2n) is 9.91. The average Bonchev–Trinajstić information content (AvgIpc) is 3.55. The van der Waals surface area contributed by atoms with E-state index in [1.54, 1.807) is 28.8 Å². The highest BCUT2D eigenvalue weighted by Crippen LogP contribution is 2.51. The minimum atomic E-state index is -0.459. The lowest BCUT2D eigenvalue weighted by atomic mass is 9.87. The van der Waals surface area contributed by atoms with Crippen LogP contribution >= 0.6 is 11.8 Å². The number of carbonyl (C=O) groups is 3. The van der Waals surface area contributed by atoms with Crippen LogP contribution in [0.4, 0.5) is 0 Å². The van der Waals surface area contributed by atoms with E-state index in [1.165, 1.54) is 16.9 Å². The first-order chi connectivity index (χ1) is 17.5. The maximum atomic E-state index is 13.7. The van der Waals surface area contributed by atoms with Crippen LogP contribution in [0.15, 0.2) is 39.7 Å². The molecule has 5 rings (SSSR count). The number of ether oxygens (including phenoxy) is 2. The van der Waals surface area contributed by atoms with E-state index in [-0.39, 0.29) is 42.1 Å². The second-order valence-corrected chi connectivity index (χ2v) is 11.1. The van der Waals surface area contributed by atoms with Crippen LogP contribution in [0.25, 0.3) is 0 Å². The highest BCUT2D eigenvalue weighted by atomic mass is 32.2. The number of fused-ring (bicyclic) bond motifs is 2. The number of hydrogen-bond acceptors (Lipinski definition) is 7. The minimum Gasteiger partial charge on any atom is -0.457 e. The number of benzene rings is 1. The molecule has 1 aliphatic carbocycles. The van der Waals surface area contributed by atoms with Gasteiger partial charge in [-0.1, -0.05) is 31.2 Å². The van der Waals surface area contributed by atoms with Gasteiger partial charge in [0.15, 0.2) is 12.4 Å². The van der Waals surface area contributed by atoms with Gasteiger partial charge in [0.25, 0.3) is 0 Å². The number of ketones is 1. The summed E-state index contributed by atoms with van der Waals surface area (Å²) in [4.78, 5) is 46.7. The number of aryl methyl sites for hydroxylation is 1. The molecule has 3 atom stereocenters. The molecular formula is C28H34N2O5S. The monoisotopic (exact) mass is 510 g/mol. The molecule has 0 bridgehead atoms. The number of aliphatic imine (C=N–C) groups is 1. The van der Waals surface area contributed by atoms with E-state index in [2.05, 4.69) is 6.92 Å². The predicted octanol–water partition coefficient (Wildman–Crippen LogP) is 4.69. The lowest BCUT2D eigenvalue weighted by Gasteiger charge is -2.35. The molecule has 1 saturated heterocycles. The summed E-state index contributed by atoms with van der Waals surface area (Å²) in [6, 6.07) is 7.36. The second kappa shape index (κ2) is 11.3. The molecule has 0 unspecified atom stereocenters. The summed E-state index contributed by atoms with van der Waals surface area (Å²) in [6.07, 6.45) is 7.54. The number of rotatable bonds is 9. The number of thioether (sulfide) groups is 1. The molecule has 0 radical (unpaired) electrons. The average molecular weight is 511 g/mol. The Hall–Kier alpha value is -2.45. The molecular weight excluding hydrogens is 476 g/mol. The van der Waals surface area contributed by atoms with Crippen molar-refractivity contribution in [2.45, 2.75) is 76.2 Å². The third-order valence-electron chi connectivity index (χ3n) is 7.51. The predicted molar refractivity (Wildman–Crippen MR) is 139 cm³/mol. The van der Waals surface area contributed by atoms with Gasteiger partial charge in [0, 0.05) is 18.6 Å². The van der Waals surface area contributed by atoms with Crippen molar-refractivity contribution in [3.63, 3.8) is 0 Å². The van der Waals surface area contributed by atoms with Gasteiger partial charge in [-0.3, -0.25) is 24.3 Å². The van der Waals surface area contributed by atoms with Crippen LogP contribution in [0, 0.1) is 5.92 Å². The van der Waals surface area contributed by atoms with Gasteiger partial charge in [0.2, 0.25) is 5.91 Å². The first-order valence-electron chi connectivity index (χ1n) is 13.2. The zero-order chi connectivity index (χ0) is 25.1. The topological polar surface area (TPSA) is 85.3 Å². The summed E-state index contributed by atoms with van der Waals surface area (Å²) in [6.45, 7) is 2.97. The van der Waals surface area contributed by atoms with Crippen LogP contribution in [0.1, 0.15) is 74.2 Å². The molecule has 1 amide bonds. The highest BCUT2D eigenvalue weighted by molar-refractivity contribution is 8.04. The maximum Gasteiger partial charge on any atom is 0.306 e. The number of allylic oxidation sites excluding steroid dienone is 1. The van der Waals surface area contributed by atoms with E-state index in [0.29, 0.717) is 24.4 Å². The van der Waals surface area contributed by atoms with Gasteiger partial charge in [0.05, 0.1) is 25.0 Å². The third-order valence-corrected chi connectivity index (χ3v) is 8.88. The molecule has 3 heterocycles. The van der Waals surface area contributed by atoms with Crippen molar-refractivity contribution in [2.75, 3.05) is 19.8 Å². The molecule has 3 aliphatic heterocycles. The summed E-state index contributed by atoms with van der Waals surface area (Å²) in [5, 5.41) is -0.125. The fourth-order valence-corrected chi connectivity index (χ4v) is 6.99.